The van der Waals surface area contributed by atoms with E-state index in [4.69, 9.17) is 0 Å². The smallest absolute Gasteiger partial charge is 0.0827 e. The minimum atomic E-state index is -0.384. The third kappa shape index (κ3) is 3.23. The van der Waals surface area contributed by atoms with Crippen molar-refractivity contribution in [3.8, 4) is 0 Å². The second kappa shape index (κ2) is 7.61. The highest BCUT2D eigenvalue weighted by molar-refractivity contribution is 8.18. The molecule has 1 N–H and O–H groups in total. The lowest BCUT2D eigenvalue weighted by molar-refractivity contribution is 0.143. The van der Waals surface area contributed by atoms with E-state index in [-0.39, 0.29) is 10.2 Å². The summed E-state index contributed by atoms with van der Waals surface area (Å²) in [4.78, 5) is 0. The Hall–Kier alpha value is -0.900. The molecule has 1 saturated heterocycles. The fraction of sp³-hybridized carbons (Fsp3) is 0.478. The molecule has 4 rings (SSSR count). The molecule has 2 aromatic rings. The van der Waals surface area contributed by atoms with Gasteiger partial charge < -0.3 is 5.11 Å². The van der Waals surface area contributed by atoms with Crippen LogP contribution in [0.4, 0.5) is 0 Å². The second-order valence-corrected chi connectivity index (χ2v) is 10.8. The van der Waals surface area contributed by atoms with Gasteiger partial charge in [0, 0.05) is 5.92 Å². The Morgan fingerprint density at radius 2 is 1.50 bits per heavy atom. The summed E-state index contributed by atoms with van der Waals surface area (Å²) < 4.78 is 0.221. The van der Waals surface area contributed by atoms with Gasteiger partial charge in [-0.2, -0.15) is 0 Å². The van der Waals surface area contributed by atoms with Gasteiger partial charge in [0.25, 0.3) is 0 Å². The molecule has 3 heteroatoms. The van der Waals surface area contributed by atoms with E-state index in [1.807, 2.05) is 18.2 Å². The Bertz CT molecular complexity index is 710. The van der Waals surface area contributed by atoms with Crippen molar-refractivity contribution in [3.05, 3.63) is 71.8 Å². The van der Waals surface area contributed by atoms with E-state index in [1.165, 1.54) is 23.5 Å². The lowest BCUT2D eigenvalue weighted by Crippen LogP contribution is -2.35. The van der Waals surface area contributed by atoms with E-state index < -0.39 is 0 Å². The molecule has 26 heavy (non-hydrogen) atoms. The molecular formula is C23H28OS2. The van der Waals surface area contributed by atoms with Gasteiger partial charge in [0.15, 0.2) is 0 Å². The molecule has 0 aromatic heterocycles. The van der Waals surface area contributed by atoms with E-state index in [2.05, 4.69) is 79.8 Å². The predicted molar refractivity (Wildman–Crippen MR) is 115 cm³/mol. The molecule has 2 fully saturated rings. The zero-order valence-corrected chi connectivity index (χ0v) is 17.2. The third-order valence-electron chi connectivity index (χ3n) is 5.98. The first-order valence-corrected chi connectivity index (χ1v) is 11.7. The molecule has 0 radical (unpaired) electrons. The van der Waals surface area contributed by atoms with Crippen LogP contribution in [0.25, 0.3) is 0 Å². The molecule has 0 bridgehead atoms. The molecule has 4 atom stereocenters. The number of aliphatic hydroxyl groups excluding tert-OH is 1. The molecule has 1 aliphatic heterocycles. The van der Waals surface area contributed by atoms with Gasteiger partial charge in [-0.3, -0.25) is 0 Å². The Morgan fingerprint density at radius 1 is 0.923 bits per heavy atom. The van der Waals surface area contributed by atoms with Crippen LogP contribution >= 0.6 is 23.5 Å². The molecule has 1 heterocycles. The van der Waals surface area contributed by atoms with Crippen LogP contribution in [-0.2, 0) is 0 Å². The second-order valence-electron chi connectivity index (χ2n) is 7.82. The highest BCUT2D eigenvalue weighted by atomic mass is 32.2. The predicted octanol–water partition coefficient (Wildman–Crippen LogP) is 5.97. The number of hydrogen-bond acceptors (Lipinski definition) is 3. The normalized spacial score (nSPS) is 28.7. The molecule has 138 valence electrons. The number of aliphatic hydroxyl groups is 1. The first-order chi connectivity index (χ1) is 12.6. The quantitative estimate of drug-likeness (QED) is 0.685. The van der Waals surface area contributed by atoms with Gasteiger partial charge in [0.05, 0.1) is 10.2 Å². The summed E-state index contributed by atoms with van der Waals surface area (Å²) in [6, 6.07) is 21.1. The number of thioether (sulfide) groups is 2. The van der Waals surface area contributed by atoms with Gasteiger partial charge >= 0.3 is 0 Å². The summed E-state index contributed by atoms with van der Waals surface area (Å²) in [5.41, 5.74) is 2.45. The average molecular weight is 385 g/mol. The summed E-state index contributed by atoms with van der Waals surface area (Å²) in [6.07, 6.45) is 0.920. The van der Waals surface area contributed by atoms with Crippen molar-refractivity contribution in [2.45, 2.75) is 36.4 Å². The molecule has 0 unspecified atom stereocenters. The number of hydrogen-bond donors (Lipinski definition) is 1. The van der Waals surface area contributed by atoms with E-state index >= 15 is 0 Å². The Balaban J connectivity index is 1.70. The van der Waals surface area contributed by atoms with Gasteiger partial charge in [-0.15, -0.1) is 23.5 Å². The van der Waals surface area contributed by atoms with Crippen LogP contribution in [0.1, 0.15) is 43.4 Å². The summed E-state index contributed by atoms with van der Waals surface area (Å²) in [5.74, 6) is 4.37. The standard InChI is InChI=1S/C23H28OS2/c1-16(2)23(25-14-9-15-26-23)21-19(17-10-5-3-6-11-17)20(21)22(24)18-12-7-4-8-13-18/h3-8,10-13,16,19-22,24H,9,14-15H2,1-2H3/t19-,20-,21+,22+/m0/s1. The van der Waals surface area contributed by atoms with Gasteiger partial charge in [0.2, 0.25) is 0 Å². The summed E-state index contributed by atoms with van der Waals surface area (Å²) in [7, 11) is 0. The highest BCUT2D eigenvalue weighted by Gasteiger charge is 2.65. The molecule has 2 aliphatic rings. The summed E-state index contributed by atoms with van der Waals surface area (Å²) in [6.45, 7) is 4.75. The lowest BCUT2D eigenvalue weighted by atomic mass is 9.99. The van der Waals surface area contributed by atoms with Crippen molar-refractivity contribution < 1.29 is 5.11 Å². The topological polar surface area (TPSA) is 20.2 Å². The highest BCUT2D eigenvalue weighted by Crippen LogP contribution is 2.71. The van der Waals surface area contributed by atoms with Crippen molar-refractivity contribution in [1.29, 1.82) is 0 Å². The van der Waals surface area contributed by atoms with E-state index in [0.29, 0.717) is 23.7 Å². The fourth-order valence-corrected chi connectivity index (χ4v) is 8.59. The monoisotopic (exact) mass is 384 g/mol. The fourth-order valence-electron chi connectivity index (χ4n) is 4.70. The first-order valence-electron chi connectivity index (χ1n) is 9.71. The number of rotatable bonds is 5. The Labute approximate surface area is 166 Å². The molecule has 1 saturated carbocycles. The van der Waals surface area contributed by atoms with E-state index in [1.54, 1.807) is 0 Å². The van der Waals surface area contributed by atoms with Gasteiger partial charge in [-0.1, -0.05) is 74.5 Å². The third-order valence-corrected chi connectivity index (χ3v) is 10.1. The Morgan fingerprint density at radius 3 is 2.08 bits per heavy atom. The minimum Gasteiger partial charge on any atom is -0.388 e. The van der Waals surface area contributed by atoms with Crippen LogP contribution in [0, 0.1) is 17.8 Å². The molecular weight excluding hydrogens is 356 g/mol. The summed E-state index contributed by atoms with van der Waals surface area (Å²) >= 11 is 4.31. The van der Waals surface area contributed by atoms with Crippen LogP contribution in [0.3, 0.4) is 0 Å². The largest absolute Gasteiger partial charge is 0.388 e. The van der Waals surface area contributed by atoms with Crippen molar-refractivity contribution in [2.75, 3.05) is 11.5 Å². The maximum Gasteiger partial charge on any atom is 0.0827 e. The molecule has 2 aromatic carbocycles. The SMILES string of the molecule is CC(C)C1([C@@H]2[C@@H](c3ccccc3)[C@@H]2[C@H](O)c2ccccc2)SCCCS1. The average Bonchev–Trinajstić information content (AvgIpc) is 3.45. The lowest BCUT2D eigenvalue weighted by Gasteiger charge is -2.41. The zero-order chi connectivity index (χ0) is 18.1. The maximum atomic E-state index is 11.3. The van der Waals surface area contributed by atoms with Gasteiger partial charge in [-0.25, -0.2) is 0 Å². The van der Waals surface area contributed by atoms with Crippen LogP contribution in [0.5, 0.6) is 0 Å². The van der Waals surface area contributed by atoms with Crippen molar-refractivity contribution in [1.82, 2.24) is 0 Å². The Kier molecular flexibility index (Phi) is 5.41. The van der Waals surface area contributed by atoms with Gasteiger partial charge in [-0.05, 0) is 46.8 Å². The van der Waals surface area contributed by atoms with Crippen LogP contribution < -0.4 is 0 Å². The van der Waals surface area contributed by atoms with Crippen LogP contribution in [-0.4, -0.2) is 20.7 Å². The summed E-state index contributed by atoms with van der Waals surface area (Å²) in [5, 5.41) is 11.3. The zero-order valence-electron chi connectivity index (χ0n) is 15.5. The van der Waals surface area contributed by atoms with Crippen molar-refractivity contribution >= 4 is 23.5 Å². The molecule has 1 aliphatic carbocycles. The molecule has 0 spiro atoms. The van der Waals surface area contributed by atoms with E-state index in [0.717, 1.165) is 5.56 Å². The van der Waals surface area contributed by atoms with Gasteiger partial charge in [0.1, 0.15) is 0 Å². The first kappa shape index (κ1) is 18.5. The van der Waals surface area contributed by atoms with Crippen LogP contribution in [0.15, 0.2) is 60.7 Å². The van der Waals surface area contributed by atoms with Crippen molar-refractivity contribution in [2.24, 2.45) is 17.8 Å². The van der Waals surface area contributed by atoms with Crippen molar-refractivity contribution in [3.63, 3.8) is 0 Å². The molecule has 0 amide bonds. The number of benzene rings is 2. The minimum absolute atomic E-state index is 0.221. The van der Waals surface area contributed by atoms with Crippen LogP contribution in [0.2, 0.25) is 0 Å². The van der Waals surface area contributed by atoms with E-state index in [9.17, 15) is 5.11 Å². The maximum absolute atomic E-state index is 11.3. The molecule has 1 nitrogen and oxygen atoms in total.